The number of aromatic nitrogens is 3. The van der Waals surface area contributed by atoms with Crippen molar-refractivity contribution >= 4 is 29.3 Å². The van der Waals surface area contributed by atoms with E-state index in [0.29, 0.717) is 22.2 Å². The molecule has 0 spiro atoms. The van der Waals surface area contributed by atoms with Gasteiger partial charge in [-0.05, 0) is 55.5 Å². The Kier molecular flexibility index (Phi) is 5.74. The molecule has 1 atom stereocenters. The Bertz CT molecular complexity index is 1000. The monoisotopic (exact) mass is 399 g/mol. The second kappa shape index (κ2) is 8.22. The molecular weight excluding hydrogens is 381 g/mol. The summed E-state index contributed by atoms with van der Waals surface area (Å²) >= 11 is 1.25. The molecule has 2 aromatic carbocycles. The fourth-order valence-electron chi connectivity index (χ4n) is 2.44. The molecule has 0 bridgehead atoms. The van der Waals surface area contributed by atoms with Crippen LogP contribution in [0.4, 0.5) is 10.1 Å². The summed E-state index contributed by atoms with van der Waals surface area (Å²) in [5, 5.41) is 11.2. The standard InChI is InChI=1S/C19H18FN5O2S/c1-11(18(27)22-15-9-5-12(6-10-15)16(21)26)28-19-24-23-17(25(19)2)13-3-7-14(20)8-4-13/h3-11H,1-2H3,(H2,21,26)(H,22,27)/t11-/m1/s1. The fraction of sp³-hybridized carbons (Fsp3) is 0.158. The van der Waals surface area contributed by atoms with Crippen molar-refractivity contribution in [1.29, 1.82) is 0 Å². The van der Waals surface area contributed by atoms with Crippen molar-refractivity contribution in [2.45, 2.75) is 17.3 Å². The van der Waals surface area contributed by atoms with Crippen LogP contribution in [0.5, 0.6) is 0 Å². The number of primary amides is 1. The number of carbonyl (C=O) groups excluding carboxylic acids is 2. The first-order valence-electron chi connectivity index (χ1n) is 8.38. The van der Waals surface area contributed by atoms with E-state index >= 15 is 0 Å². The van der Waals surface area contributed by atoms with Gasteiger partial charge in [0.05, 0.1) is 5.25 Å². The maximum Gasteiger partial charge on any atom is 0.248 e. The van der Waals surface area contributed by atoms with Gasteiger partial charge in [-0.3, -0.25) is 9.59 Å². The zero-order valence-corrected chi connectivity index (χ0v) is 16.0. The second-order valence-electron chi connectivity index (χ2n) is 6.06. The molecule has 3 aromatic rings. The van der Waals surface area contributed by atoms with Gasteiger partial charge in [0.2, 0.25) is 11.8 Å². The van der Waals surface area contributed by atoms with E-state index in [1.54, 1.807) is 54.9 Å². The van der Waals surface area contributed by atoms with Gasteiger partial charge in [0, 0.05) is 23.9 Å². The Hall–Kier alpha value is -3.20. The van der Waals surface area contributed by atoms with Gasteiger partial charge >= 0.3 is 0 Å². The highest BCUT2D eigenvalue weighted by molar-refractivity contribution is 8.00. The average Bonchev–Trinajstić information content (AvgIpc) is 3.03. The van der Waals surface area contributed by atoms with Crippen LogP contribution < -0.4 is 11.1 Å². The van der Waals surface area contributed by atoms with E-state index in [4.69, 9.17) is 5.73 Å². The molecule has 0 unspecified atom stereocenters. The van der Waals surface area contributed by atoms with Crippen molar-refractivity contribution < 1.29 is 14.0 Å². The van der Waals surface area contributed by atoms with Crippen molar-refractivity contribution in [3.05, 3.63) is 59.9 Å². The van der Waals surface area contributed by atoms with Gasteiger partial charge in [0.25, 0.3) is 0 Å². The minimum absolute atomic E-state index is 0.219. The van der Waals surface area contributed by atoms with E-state index in [1.165, 1.54) is 23.9 Å². The van der Waals surface area contributed by atoms with E-state index in [-0.39, 0.29) is 11.7 Å². The van der Waals surface area contributed by atoms with E-state index in [9.17, 15) is 14.0 Å². The highest BCUT2D eigenvalue weighted by Crippen LogP contribution is 2.26. The number of rotatable bonds is 6. The highest BCUT2D eigenvalue weighted by atomic mass is 32.2. The smallest absolute Gasteiger partial charge is 0.248 e. The fourth-order valence-corrected chi connectivity index (χ4v) is 3.26. The topological polar surface area (TPSA) is 103 Å². The molecule has 1 heterocycles. The number of carbonyl (C=O) groups is 2. The highest BCUT2D eigenvalue weighted by Gasteiger charge is 2.19. The van der Waals surface area contributed by atoms with Gasteiger partial charge < -0.3 is 15.6 Å². The van der Waals surface area contributed by atoms with Crippen LogP contribution in [-0.4, -0.2) is 31.8 Å². The summed E-state index contributed by atoms with van der Waals surface area (Å²) in [7, 11) is 1.79. The van der Waals surface area contributed by atoms with Gasteiger partial charge in [-0.15, -0.1) is 10.2 Å². The number of anilines is 1. The zero-order valence-electron chi connectivity index (χ0n) is 15.2. The van der Waals surface area contributed by atoms with Gasteiger partial charge in [-0.25, -0.2) is 4.39 Å². The van der Waals surface area contributed by atoms with Crippen LogP contribution in [0.3, 0.4) is 0 Å². The van der Waals surface area contributed by atoms with E-state index in [1.807, 2.05) is 0 Å². The Labute approximate surface area is 165 Å². The van der Waals surface area contributed by atoms with Crippen LogP contribution in [0, 0.1) is 5.82 Å². The average molecular weight is 399 g/mol. The van der Waals surface area contributed by atoms with Crippen LogP contribution in [0.1, 0.15) is 17.3 Å². The molecule has 0 saturated heterocycles. The van der Waals surface area contributed by atoms with Gasteiger partial charge in [-0.1, -0.05) is 11.8 Å². The number of hydrogen-bond donors (Lipinski definition) is 2. The van der Waals surface area contributed by atoms with Crippen molar-refractivity contribution in [3.63, 3.8) is 0 Å². The van der Waals surface area contributed by atoms with Gasteiger partial charge in [-0.2, -0.15) is 0 Å². The Balaban J connectivity index is 1.67. The van der Waals surface area contributed by atoms with Crippen LogP contribution in [0.2, 0.25) is 0 Å². The molecule has 9 heteroatoms. The molecule has 0 saturated carbocycles. The number of thioether (sulfide) groups is 1. The number of nitrogens with zero attached hydrogens (tertiary/aromatic N) is 3. The number of amides is 2. The Morgan fingerprint density at radius 2 is 1.75 bits per heavy atom. The summed E-state index contributed by atoms with van der Waals surface area (Å²) in [6, 6.07) is 12.3. The molecule has 28 heavy (non-hydrogen) atoms. The van der Waals surface area contributed by atoms with Crippen molar-refractivity contribution in [3.8, 4) is 11.4 Å². The maximum absolute atomic E-state index is 13.1. The third-order valence-electron chi connectivity index (χ3n) is 4.03. The lowest BCUT2D eigenvalue weighted by Gasteiger charge is -2.12. The molecule has 7 nitrogen and oxygen atoms in total. The molecule has 0 aliphatic carbocycles. The minimum atomic E-state index is -0.527. The lowest BCUT2D eigenvalue weighted by Crippen LogP contribution is -2.23. The third kappa shape index (κ3) is 4.37. The van der Waals surface area contributed by atoms with E-state index in [2.05, 4.69) is 15.5 Å². The molecule has 144 valence electrons. The van der Waals surface area contributed by atoms with Gasteiger partial charge in [0.15, 0.2) is 11.0 Å². The Morgan fingerprint density at radius 3 is 2.36 bits per heavy atom. The van der Waals surface area contributed by atoms with E-state index in [0.717, 1.165) is 5.56 Å². The molecule has 2 amide bonds. The second-order valence-corrected chi connectivity index (χ2v) is 7.37. The summed E-state index contributed by atoms with van der Waals surface area (Å²) in [5.41, 5.74) is 6.86. The normalized spacial score (nSPS) is 11.8. The number of hydrogen-bond acceptors (Lipinski definition) is 5. The predicted octanol–water partition coefficient (Wildman–Crippen LogP) is 2.84. The van der Waals surface area contributed by atoms with Crippen LogP contribution in [0.25, 0.3) is 11.4 Å². The lowest BCUT2D eigenvalue weighted by molar-refractivity contribution is -0.115. The number of nitrogens with one attached hydrogen (secondary N) is 1. The predicted molar refractivity (Wildman–Crippen MR) is 105 cm³/mol. The summed E-state index contributed by atoms with van der Waals surface area (Å²) in [6.45, 7) is 1.75. The maximum atomic E-state index is 13.1. The molecule has 3 rings (SSSR count). The quantitative estimate of drug-likeness (QED) is 0.621. The summed E-state index contributed by atoms with van der Waals surface area (Å²) in [6.07, 6.45) is 0. The third-order valence-corrected chi connectivity index (χ3v) is 5.16. The molecular formula is C19H18FN5O2S. The molecule has 0 aliphatic heterocycles. The van der Waals surface area contributed by atoms with Crippen LogP contribution in [-0.2, 0) is 11.8 Å². The van der Waals surface area contributed by atoms with Crippen LogP contribution in [0.15, 0.2) is 53.7 Å². The first-order chi connectivity index (χ1) is 13.3. The summed E-state index contributed by atoms with van der Waals surface area (Å²) < 4.78 is 14.8. The summed E-state index contributed by atoms with van der Waals surface area (Å²) in [5.74, 6) is -0.490. The first-order valence-corrected chi connectivity index (χ1v) is 9.26. The van der Waals surface area contributed by atoms with E-state index < -0.39 is 11.2 Å². The number of nitrogens with two attached hydrogens (primary N) is 1. The SMILES string of the molecule is C[C@@H](Sc1nnc(-c2ccc(F)cc2)n1C)C(=O)Nc1ccc(C(N)=O)cc1. The van der Waals surface area contributed by atoms with Crippen LogP contribution >= 0.6 is 11.8 Å². The molecule has 0 fully saturated rings. The number of halogens is 1. The molecule has 0 radical (unpaired) electrons. The molecule has 1 aromatic heterocycles. The van der Waals surface area contributed by atoms with Crippen molar-refractivity contribution in [1.82, 2.24) is 14.8 Å². The van der Waals surface area contributed by atoms with Gasteiger partial charge in [0.1, 0.15) is 5.82 Å². The largest absolute Gasteiger partial charge is 0.366 e. The first kappa shape index (κ1) is 19.6. The number of benzene rings is 2. The Morgan fingerprint density at radius 1 is 1.11 bits per heavy atom. The lowest BCUT2D eigenvalue weighted by atomic mass is 10.2. The van der Waals surface area contributed by atoms with Crippen molar-refractivity contribution in [2.24, 2.45) is 12.8 Å². The zero-order chi connectivity index (χ0) is 20.3. The minimum Gasteiger partial charge on any atom is -0.366 e. The molecule has 0 aliphatic rings. The summed E-state index contributed by atoms with van der Waals surface area (Å²) in [4.78, 5) is 23.5. The van der Waals surface area contributed by atoms with Crippen molar-refractivity contribution in [2.75, 3.05) is 5.32 Å². The molecule has 3 N–H and O–H groups in total.